The van der Waals surface area contributed by atoms with Gasteiger partial charge in [-0.1, -0.05) is 23.7 Å². The average molecular weight is 331 g/mol. The molecule has 1 aromatic heterocycles. The van der Waals surface area contributed by atoms with Crippen LogP contribution >= 0.6 is 38.9 Å². The zero-order valence-corrected chi connectivity index (χ0v) is 12.6. The summed E-state index contributed by atoms with van der Waals surface area (Å²) in [6.07, 6.45) is 0. The molecule has 1 heterocycles. The Bertz CT molecular complexity index is 480. The number of thiophene rings is 1. The Hall–Kier alpha value is -0.350. The number of halogens is 2. The highest BCUT2D eigenvalue weighted by atomic mass is 79.9. The first-order valence-corrected chi connectivity index (χ1v) is 7.42. The highest BCUT2D eigenvalue weighted by molar-refractivity contribution is 9.11. The highest BCUT2D eigenvalue weighted by Crippen LogP contribution is 2.21. The van der Waals surface area contributed by atoms with Crippen molar-refractivity contribution in [3.63, 3.8) is 0 Å². The molecule has 0 aliphatic heterocycles. The van der Waals surface area contributed by atoms with Crippen molar-refractivity contribution in [2.45, 2.75) is 19.5 Å². The molecule has 0 unspecified atom stereocenters. The van der Waals surface area contributed by atoms with Crippen molar-refractivity contribution in [3.8, 4) is 0 Å². The molecule has 0 saturated carbocycles. The van der Waals surface area contributed by atoms with Crippen molar-refractivity contribution >= 4 is 38.9 Å². The highest BCUT2D eigenvalue weighted by Gasteiger charge is 2.05. The first kappa shape index (κ1) is 13.1. The first-order valence-electron chi connectivity index (χ1n) is 5.37. The van der Waals surface area contributed by atoms with Crippen molar-refractivity contribution in [2.75, 3.05) is 0 Å². The second kappa shape index (κ2) is 6.01. The Morgan fingerprint density at radius 1 is 1.35 bits per heavy atom. The first-order chi connectivity index (χ1) is 8.15. The third kappa shape index (κ3) is 3.81. The van der Waals surface area contributed by atoms with Crippen molar-refractivity contribution in [1.29, 1.82) is 0 Å². The molecule has 0 aliphatic rings. The van der Waals surface area contributed by atoms with Gasteiger partial charge in [0.2, 0.25) is 0 Å². The van der Waals surface area contributed by atoms with Gasteiger partial charge in [-0.15, -0.1) is 11.3 Å². The number of hydrogen-bond acceptors (Lipinski definition) is 2. The molecule has 1 aromatic carbocycles. The van der Waals surface area contributed by atoms with E-state index in [9.17, 15) is 0 Å². The van der Waals surface area contributed by atoms with Crippen molar-refractivity contribution in [2.24, 2.45) is 0 Å². The second-order valence-corrected chi connectivity index (χ2v) is 6.64. The summed E-state index contributed by atoms with van der Waals surface area (Å²) < 4.78 is 1.17. The van der Waals surface area contributed by atoms with Crippen LogP contribution < -0.4 is 5.32 Å². The Morgan fingerprint density at radius 2 is 2.06 bits per heavy atom. The summed E-state index contributed by atoms with van der Waals surface area (Å²) in [4.78, 5) is 0. The van der Waals surface area contributed by atoms with Crippen LogP contribution in [0.1, 0.15) is 24.1 Å². The maximum Gasteiger partial charge on any atom is 0.0701 e. The molecule has 4 heteroatoms. The number of benzene rings is 1. The summed E-state index contributed by atoms with van der Waals surface area (Å²) in [5.74, 6) is 0. The molecule has 0 amide bonds. The van der Waals surface area contributed by atoms with Gasteiger partial charge < -0.3 is 5.32 Å². The molecule has 90 valence electrons. The van der Waals surface area contributed by atoms with Crippen LogP contribution in [-0.2, 0) is 6.54 Å². The van der Waals surface area contributed by atoms with Crippen LogP contribution in [0.25, 0.3) is 0 Å². The van der Waals surface area contributed by atoms with Crippen LogP contribution in [0, 0.1) is 0 Å². The molecule has 0 fully saturated rings. The van der Waals surface area contributed by atoms with Crippen LogP contribution in [0.2, 0.25) is 5.02 Å². The molecule has 2 aromatic rings. The molecule has 0 saturated heterocycles. The maximum absolute atomic E-state index is 5.87. The van der Waals surface area contributed by atoms with E-state index >= 15 is 0 Å². The Labute approximate surface area is 119 Å². The number of hydrogen-bond donors (Lipinski definition) is 1. The van der Waals surface area contributed by atoms with E-state index in [1.54, 1.807) is 11.3 Å². The third-order valence-corrected chi connectivity index (χ3v) is 4.41. The lowest BCUT2D eigenvalue weighted by Gasteiger charge is -2.13. The third-order valence-electron chi connectivity index (χ3n) is 2.60. The molecule has 1 nitrogen and oxygen atoms in total. The summed E-state index contributed by atoms with van der Waals surface area (Å²) >= 11 is 11.0. The fraction of sp³-hybridized carbons (Fsp3) is 0.231. The van der Waals surface area contributed by atoms with Crippen LogP contribution in [0.3, 0.4) is 0 Å². The fourth-order valence-corrected chi connectivity index (χ4v) is 2.91. The fourth-order valence-electron chi connectivity index (χ4n) is 1.58. The smallest absolute Gasteiger partial charge is 0.0701 e. The molecular weight excluding hydrogens is 318 g/mol. The lowest BCUT2D eigenvalue weighted by Crippen LogP contribution is -2.17. The summed E-state index contributed by atoms with van der Waals surface area (Å²) in [6.45, 7) is 3.04. The number of nitrogens with one attached hydrogen (secondary N) is 1. The van der Waals surface area contributed by atoms with E-state index in [0.717, 1.165) is 11.6 Å². The van der Waals surface area contributed by atoms with Gasteiger partial charge in [-0.25, -0.2) is 0 Å². The molecule has 0 bridgehead atoms. The Morgan fingerprint density at radius 3 is 2.65 bits per heavy atom. The molecule has 1 N–H and O–H groups in total. The van der Waals surface area contributed by atoms with E-state index < -0.39 is 0 Å². The van der Waals surface area contributed by atoms with E-state index in [0.29, 0.717) is 6.04 Å². The topological polar surface area (TPSA) is 12.0 Å². The zero-order chi connectivity index (χ0) is 12.3. The van der Waals surface area contributed by atoms with E-state index in [1.807, 2.05) is 12.1 Å². The Kier molecular flexibility index (Phi) is 4.62. The standard InChI is InChI=1S/C13H13BrClNS/c1-9(11-2-4-12(15)5-3-11)16-7-10-6-13(14)17-8-10/h2-6,8-9,16H,7H2,1H3/t9-/m1/s1. The summed E-state index contributed by atoms with van der Waals surface area (Å²) in [7, 11) is 0. The van der Waals surface area contributed by atoms with Crippen LogP contribution in [0.4, 0.5) is 0 Å². The SMILES string of the molecule is C[C@@H](NCc1csc(Br)c1)c1ccc(Cl)cc1. The van der Waals surface area contributed by atoms with Crippen LogP contribution in [0.5, 0.6) is 0 Å². The van der Waals surface area contributed by atoms with Gasteiger partial charge in [0, 0.05) is 17.6 Å². The molecule has 0 aliphatic carbocycles. The monoisotopic (exact) mass is 329 g/mol. The van der Waals surface area contributed by atoms with Gasteiger partial charge in [-0.05, 0) is 57.6 Å². The molecule has 17 heavy (non-hydrogen) atoms. The van der Waals surface area contributed by atoms with Gasteiger partial charge in [0.1, 0.15) is 0 Å². The van der Waals surface area contributed by atoms with Gasteiger partial charge in [0.25, 0.3) is 0 Å². The predicted octanol–water partition coefficient (Wildman–Crippen LogP) is 5.01. The van der Waals surface area contributed by atoms with Crippen molar-refractivity contribution < 1.29 is 0 Å². The van der Waals surface area contributed by atoms with Gasteiger partial charge in [0.15, 0.2) is 0 Å². The summed E-state index contributed by atoms with van der Waals surface area (Å²) in [5, 5.41) is 6.43. The normalized spacial score (nSPS) is 12.6. The average Bonchev–Trinajstić information content (AvgIpc) is 2.73. The molecule has 0 spiro atoms. The summed E-state index contributed by atoms with van der Waals surface area (Å²) in [6, 6.07) is 10.4. The van der Waals surface area contributed by atoms with Gasteiger partial charge in [-0.2, -0.15) is 0 Å². The predicted molar refractivity (Wildman–Crippen MR) is 78.7 cm³/mol. The van der Waals surface area contributed by atoms with E-state index in [-0.39, 0.29) is 0 Å². The van der Waals surface area contributed by atoms with E-state index in [1.165, 1.54) is 14.9 Å². The second-order valence-electron chi connectivity index (χ2n) is 3.91. The molecule has 2 rings (SSSR count). The molecular formula is C13H13BrClNS. The van der Waals surface area contributed by atoms with Crippen LogP contribution in [0.15, 0.2) is 39.5 Å². The van der Waals surface area contributed by atoms with E-state index in [4.69, 9.17) is 11.6 Å². The minimum Gasteiger partial charge on any atom is -0.306 e. The molecule has 1 atom stereocenters. The maximum atomic E-state index is 5.87. The summed E-state index contributed by atoms with van der Waals surface area (Å²) in [5.41, 5.74) is 2.56. The Balaban J connectivity index is 1.93. The molecule has 0 radical (unpaired) electrons. The number of rotatable bonds is 4. The zero-order valence-electron chi connectivity index (χ0n) is 9.41. The van der Waals surface area contributed by atoms with Crippen molar-refractivity contribution in [3.05, 3.63) is 55.6 Å². The quantitative estimate of drug-likeness (QED) is 0.830. The van der Waals surface area contributed by atoms with Gasteiger partial charge in [-0.3, -0.25) is 0 Å². The van der Waals surface area contributed by atoms with Crippen LogP contribution in [-0.4, -0.2) is 0 Å². The van der Waals surface area contributed by atoms with E-state index in [2.05, 4.69) is 51.7 Å². The minimum atomic E-state index is 0.325. The lowest BCUT2D eigenvalue weighted by molar-refractivity contribution is 0.575. The minimum absolute atomic E-state index is 0.325. The van der Waals surface area contributed by atoms with Gasteiger partial charge in [0.05, 0.1) is 3.79 Å². The van der Waals surface area contributed by atoms with Gasteiger partial charge >= 0.3 is 0 Å². The van der Waals surface area contributed by atoms with Crippen molar-refractivity contribution in [1.82, 2.24) is 5.32 Å². The lowest BCUT2D eigenvalue weighted by atomic mass is 10.1. The largest absolute Gasteiger partial charge is 0.306 e.